The molecule has 4 rings (SSSR count). The van der Waals surface area contributed by atoms with Gasteiger partial charge in [-0.15, -0.1) is 0 Å². The van der Waals surface area contributed by atoms with Crippen molar-refractivity contribution in [3.8, 4) is 17.1 Å². The van der Waals surface area contributed by atoms with Gasteiger partial charge < -0.3 is 19.5 Å². The standard InChI is InChI=1S/C21H21FN4O3/c1-28-16-10-8-14(9-11-16)19-24-20(29-25-19)15-5-4-12-26(13-15)21(27)23-18-7-3-2-6-17(18)22/h2-3,6-11,15H,4-5,12-13H2,1H3,(H,23,27)/t15-/m1/s1. The molecule has 2 amide bonds. The number of carbonyl (C=O) groups excluding carboxylic acids is 1. The molecule has 0 spiro atoms. The maximum atomic E-state index is 13.8. The second-order valence-electron chi connectivity index (χ2n) is 6.88. The van der Waals surface area contributed by atoms with Gasteiger partial charge in [-0.3, -0.25) is 0 Å². The number of benzene rings is 2. The molecule has 3 aromatic rings. The van der Waals surface area contributed by atoms with Crippen LogP contribution in [0.3, 0.4) is 0 Å². The van der Waals surface area contributed by atoms with Crippen molar-refractivity contribution in [3.63, 3.8) is 0 Å². The first kappa shape index (κ1) is 18.9. The average molecular weight is 396 g/mol. The topological polar surface area (TPSA) is 80.5 Å². The molecule has 1 fully saturated rings. The molecule has 1 aromatic heterocycles. The molecule has 29 heavy (non-hydrogen) atoms. The zero-order valence-electron chi connectivity index (χ0n) is 16.0. The van der Waals surface area contributed by atoms with Crippen LogP contribution in [0.4, 0.5) is 14.9 Å². The van der Waals surface area contributed by atoms with Gasteiger partial charge in [0, 0.05) is 18.7 Å². The number of rotatable bonds is 4. The molecule has 0 saturated carbocycles. The molecule has 0 radical (unpaired) electrons. The summed E-state index contributed by atoms with van der Waals surface area (Å²) in [6.07, 6.45) is 1.64. The molecular weight excluding hydrogens is 375 g/mol. The lowest BCUT2D eigenvalue weighted by atomic mass is 9.98. The number of hydrogen-bond donors (Lipinski definition) is 1. The van der Waals surface area contributed by atoms with Crippen molar-refractivity contribution in [1.29, 1.82) is 0 Å². The molecule has 1 atom stereocenters. The first-order valence-corrected chi connectivity index (χ1v) is 9.42. The lowest BCUT2D eigenvalue weighted by Gasteiger charge is -2.31. The Morgan fingerprint density at radius 2 is 2.03 bits per heavy atom. The van der Waals surface area contributed by atoms with E-state index in [2.05, 4.69) is 15.5 Å². The summed E-state index contributed by atoms with van der Waals surface area (Å²) in [6.45, 7) is 1.03. The molecule has 1 saturated heterocycles. The molecule has 150 valence electrons. The second kappa shape index (κ2) is 8.30. The first-order valence-electron chi connectivity index (χ1n) is 9.42. The molecule has 2 aromatic carbocycles. The summed E-state index contributed by atoms with van der Waals surface area (Å²) >= 11 is 0. The van der Waals surface area contributed by atoms with Crippen molar-refractivity contribution in [2.24, 2.45) is 0 Å². The van der Waals surface area contributed by atoms with Crippen molar-refractivity contribution in [3.05, 3.63) is 60.2 Å². The zero-order valence-corrected chi connectivity index (χ0v) is 16.0. The van der Waals surface area contributed by atoms with Gasteiger partial charge in [0.25, 0.3) is 0 Å². The highest BCUT2D eigenvalue weighted by Gasteiger charge is 2.29. The van der Waals surface area contributed by atoms with Gasteiger partial charge in [-0.25, -0.2) is 9.18 Å². The SMILES string of the molecule is COc1ccc(-c2noc([C@@H]3CCCN(C(=O)Nc4ccccc4F)C3)n2)cc1. The monoisotopic (exact) mass is 396 g/mol. The Kier molecular flexibility index (Phi) is 5.41. The maximum absolute atomic E-state index is 13.8. The number of halogens is 1. The quantitative estimate of drug-likeness (QED) is 0.711. The van der Waals surface area contributed by atoms with E-state index >= 15 is 0 Å². The Morgan fingerprint density at radius 3 is 2.79 bits per heavy atom. The lowest BCUT2D eigenvalue weighted by molar-refractivity contribution is 0.184. The Hall–Kier alpha value is -3.42. The number of para-hydroxylation sites is 1. The fourth-order valence-electron chi connectivity index (χ4n) is 3.38. The minimum atomic E-state index is -0.463. The summed E-state index contributed by atoms with van der Waals surface area (Å²) in [4.78, 5) is 18.7. The van der Waals surface area contributed by atoms with E-state index in [0.29, 0.717) is 24.8 Å². The highest BCUT2D eigenvalue weighted by atomic mass is 19.1. The molecule has 8 heteroatoms. The molecule has 0 bridgehead atoms. The van der Waals surface area contributed by atoms with Crippen molar-refractivity contribution in [1.82, 2.24) is 15.0 Å². The van der Waals surface area contributed by atoms with E-state index < -0.39 is 5.82 Å². The number of nitrogens with zero attached hydrogens (tertiary/aromatic N) is 3. The van der Waals surface area contributed by atoms with Crippen molar-refractivity contribution < 1.29 is 18.4 Å². The largest absolute Gasteiger partial charge is 0.497 e. The van der Waals surface area contributed by atoms with Gasteiger partial charge >= 0.3 is 6.03 Å². The van der Waals surface area contributed by atoms with E-state index in [1.54, 1.807) is 24.1 Å². The van der Waals surface area contributed by atoms with Crippen LogP contribution in [0.25, 0.3) is 11.4 Å². The molecule has 1 aliphatic rings. The highest BCUT2D eigenvalue weighted by Crippen LogP contribution is 2.28. The van der Waals surface area contributed by atoms with E-state index in [1.807, 2.05) is 24.3 Å². The van der Waals surface area contributed by atoms with E-state index in [0.717, 1.165) is 24.2 Å². The van der Waals surface area contributed by atoms with Crippen molar-refractivity contribution >= 4 is 11.7 Å². The summed E-state index contributed by atoms with van der Waals surface area (Å²) in [5.41, 5.74) is 0.991. The summed E-state index contributed by atoms with van der Waals surface area (Å²) in [5.74, 6) is 1.22. The van der Waals surface area contributed by atoms with Crippen LogP contribution in [0, 0.1) is 5.82 Å². The van der Waals surface area contributed by atoms with E-state index in [1.165, 1.54) is 12.1 Å². The van der Waals surface area contributed by atoms with Crippen LogP contribution in [-0.2, 0) is 0 Å². The fourth-order valence-corrected chi connectivity index (χ4v) is 3.38. The minimum absolute atomic E-state index is 0.0605. The van der Waals surface area contributed by atoms with Gasteiger partial charge in [-0.2, -0.15) is 4.98 Å². The molecule has 2 heterocycles. The normalized spacial score (nSPS) is 16.5. The molecule has 0 aliphatic carbocycles. The minimum Gasteiger partial charge on any atom is -0.497 e. The Balaban J connectivity index is 1.44. The molecule has 1 aliphatic heterocycles. The number of carbonyl (C=O) groups is 1. The van der Waals surface area contributed by atoms with Crippen LogP contribution in [0.2, 0.25) is 0 Å². The number of anilines is 1. The van der Waals surface area contributed by atoms with E-state index in [-0.39, 0.29) is 17.6 Å². The molecular formula is C21H21FN4O3. The molecule has 1 N–H and O–H groups in total. The van der Waals surface area contributed by atoms with Crippen LogP contribution in [0.5, 0.6) is 5.75 Å². The van der Waals surface area contributed by atoms with Crippen LogP contribution in [0.15, 0.2) is 53.1 Å². The number of methoxy groups -OCH3 is 1. The number of amides is 2. The second-order valence-corrected chi connectivity index (χ2v) is 6.88. The molecule has 7 nitrogen and oxygen atoms in total. The summed E-state index contributed by atoms with van der Waals surface area (Å²) < 4.78 is 24.4. The number of aromatic nitrogens is 2. The van der Waals surface area contributed by atoms with Crippen molar-refractivity contribution in [2.75, 3.05) is 25.5 Å². The van der Waals surface area contributed by atoms with Crippen LogP contribution < -0.4 is 10.1 Å². The van der Waals surface area contributed by atoms with E-state index in [9.17, 15) is 9.18 Å². The van der Waals surface area contributed by atoms with Gasteiger partial charge in [-0.1, -0.05) is 17.3 Å². The third-order valence-electron chi connectivity index (χ3n) is 4.96. The van der Waals surface area contributed by atoms with Gasteiger partial charge in [0.05, 0.1) is 18.7 Å². The van der Waals surface area contributed by atoms with Crippen LogP contribution in [-0.4, -0.2) is 41.3 Å². The number of likely N-dealkylation sites (tertiary alicyclic amines) is 1. The number of urea groups is 1. The maximum Gasteiger partial charge on any atom is 0.321 e. The van der Waals surface area contributed by atoms with Gasteiger partial charge in [-0.05, 0) is 49.2 Å². The molecule has 0 unspecified atom stereocenters. The van der Waals surface area contributed by atoms with Gasteiger partial charge in [0.2, 0.25) is 11.7 Å². The Labute approximate surface area is 167 Å². The lowest BCUT2D eigenvalue weighted by Crippen LogP contribution is -2.41. The first-order chi connectivity index (χ1) is 14.1. The smallest absolute Gasteiger partial charge is 0.321 e. The van der Waals surface area contributed by atoms with Gasteiger partial charge in [0.15, 0.2) is 0 Å². The third-order valence-corrected chi connectivity index (χ3v) is 4.96. The summed E-state index contributed by atoms with van der Waals surface area (Å²) in [7, 11) is 1.61. The number of piperidine rings is 1. The predicted octanol–water partition coefficient (Wildman–Crippen LogP) is 4.30. The number of nitrogens with one attached hydrogen (secondary N) is 1. The van der Waals surface area contributed by atoms with Crippen LogP contribution >= 0.6 is 0 Å². The summed E-state index contributed by atoms with van der Waals surface area (Å²) in [5, 5.41) is 6.70. The summed E-state index contributed by atoms with van der Waals surface area (Å²) in [6, 6.07) is 13.2. The predicted molar refractivity (Wildman–Crippen MR) is 105 cm³/mol. The van der Waals surface area contributed by atoms with Gasteiger partial charge in [0.1, 0.15) is 11.6 Å². The van der Waals surface area contributed by atoms with E-state index in [4.69, 9.17) is 9.26 Å². The zero-order chi connectivity index (χ0) is 20.2. The van der Waals surface area contributed by atoms with Crippen molar-refractivity contribution in [2.45, 2.75) is 18.8 Å². The third kappa shape index (κ3) is 4.21. The average Bonchev–Trinajstić information content (AvgIpc) is 3.26. The van der Waals surface area contributed by atoms with Crippen LogP contribution in [0.1, 0.15) is 24.7 Å². The Morgan fingerprint density at radius 1 is 1.24 bits per heavy atom. The fraction of sp³-hybridized carbons (Fsp3) is 0.286. The number of hydrogen-bond acceptors (Lipinski definition) is 5. The number of ether oxygens (including phenoxy) is 1. The highest BCUT2D eigenvalue weighted by molar-refractivity contribution is 5.89. The Bertz CT molecular complexity index is 990.